The molecule has 2 N–H and O–H groups in total. The smallest absolute Gasteiger partial charge is 0.230 e. The molecule has 1 amide bonds. The van der Waals surface area contributed by atoms with Gasteiger partial charge in [0, 0.05) is 26.1 Å². The topological polar surface area (TPSA) is 49.6 Å². The van der Waals surface area contributed by atoms with Crippen molar-refractivity contribution in [2.75, 3.05) is 36.5 Å². The third-order valence-corrected chi connectivity index (χ3v) is 5.21. The van der Waals surface area contributed by atoms with Gasteiger partial charge in [-0.1, -0.05) is 25.5 Å². The zero-order valence-electron chi connectivity index (χ0n) is 13.7. The number of hydrogen-bond acceptors (Lipinski definition) is 3. The summed E-state index contributed by atoms with van der Waals surface area (Å²) in [5, 5.41) is 0. The van der Waals surface area contributed by atoms with Crippen molar-refractivity contribution in [1.82, 2.24) is 0 Å². The summed E-state index contributed by atoms with van der Waals surface area (Å²) in [6.07, 6.45) is 3.21. The highest BCUT2D eigenvalue weighted by Gasteiger charge is 2.37. The van der Waals surface area contributed by atoms with E-state index in [4.69, 9.17) is 5.73 Å². The summed E-state index contributed by atoms with van der Waals surface area (Å²) >= 11 is 0. The highest BCUT2D eigenvalue weighted by Crippen LogP contribution is 2.37. The monoisotopic (exact) mass is 301 g/mol. The number of carbonyl (C=O) groups is 1. The highest BCUT2D eigenvalue weighted by atomic mass is 16.2. The van der Waals surface area contributed by atoms with Crippen LogP contribution >= 0.6 is 0 Å². The van der Waals surface area contributed by atoms with Gasteiger partial charge in [0.25, 0.3) is 0 Å². The molecule has 2 aliphatic rings. The normalized spacial score (nSPS) is 28.4. The van der Waals surface area contributed by atoms with Crippen molar-refractivity contribution in [1.29, 1.82) is 0 Å². The molecule has 120 valence electrons. The van der Waals surface area contributed by atoms with Crippen LogP contribution in [-0.2, 0) is 4.79 Å². The van der Waals surface area contributed by atoms with E-state index in [0.717, 1.165) is 43.7 Å². The van der Waals surface area contributed by atoms with Crippen LogP contribution < -0.4 is 15.5 Å². The Morgan fingerprint density at radius 2 is 1.95 bits per heavy atom. The summed E-state index contributed by atoms with van der Waals surface area (Å²) in [6, 6.07) is 8.27. The highest BCUT2D eigenvalue weighted by molar-refractivity contribution is 5.98. The summed E-state index contributed by atoms with van der Waals surface area (Å²) < 4.78 is 0. The summed E-state index contributed by atoms with van der Waals surface area (Å²) in [5.74, 6) is 1.20. The molecule has 1 aliphatic heterocycles. The Labute approximate surface area is 133 Å². The Morgan fingerprint density at radius 1 is 1.23 bits per heavy atom. The zero-order chi connectivity index (χ0) is 15.7. The molecule has 1 unspecified atom stereocenters. The van der Waals surface area contributed by atoms with Gasteiger partial charge in [0.15, 0.2) is 0 Å². The van der Waals surface area contributed by atoms with Gasteiger partial charge in [-0.2, -0.15) is 0 Å². The van der Waals surface area contributed by atoms with Gasteiger partial charge in [0.1, 0.15) is 0 Å². The lowest BCUT2D eigenvalue weighted by Gasteiger charge is -2.29. The van der Waals surface area contributed by atoms with Crippen molar-refractivity contribution in [3.8, 4) is 0 Å². The molecule has 1 aliphatic carbocycles. The van der Waals surface area contributed by atoms with E-state index in [9.17, 15) is 4.79 Å². The summed E-state index contributed by atoms with van der Waals surface area (Å²) in [7, 11) is 2.11. The number of para-hydroxylation sites is 2. The molecule has 0 spiro atoms. The number of nitrogens with two attached hydrogens (primary N) is 1. The molecule has 1 aromatic carbocycles. The lowest BCUT2D eigenvalue weighted by atomic mass is 9.94. The molecular formula is C18H27N3O. The lowest BCUT2D eigenvalue weighted by Crippen LogP contribution is -2.41. The van der Waals surface area contributed by atoms with Gasteiger partial charge in [-0.05, 0) is 43.4 Å². The predicted octanol–water partition coefficient (Wildman–Crippen LogP) is 2.48. The first-order valence-electron chi connectivity index (χ1n) is 8.43. The third kappa shape index (κ3) is 2.72. The molecule has 0 aromatic heterocycles. The van der Waals surface area contributed by atoms with Crippen LogP contribution in [0, 0.1) is 17.8 Å². The molecule has 1 fully saturated rings. The number of rotatable bonds is 2. The molecule has 22 heavy (non-hydrogen) atoms. The first-order chi connectivity index (χ1) is 10.6. The second-order valence-electron chi connectivity index (χ2n) is 6.96. The Balaban J connectivity index is 1.94. The minimum Gasteiger partial charge on any atom is -0.373 e. The number of carbonyl (C=O) groups excluding carboxylic acids is 1. The molecule has 3 rings (SSSR count). The van der Waals surface area contributed by atoms with Crippen molar-refractivity contribution in [3.63, 3.8) is 0 Å². The van der Waals surface area contributed by atoms with Crippen LogP contribution in [0.1, 0.15) is 26.2 Å². The Bertz CT molecular complexity index is 545. The fraction of sp³-hybridized carbons (Fsp3) is 0.611. The Hall–Kier alpha value is -1.55. The van der Waals surface area contributed by atoms with Crippen LogP contribution in [0.4, 0.5) is 11.4 Å². The second kappa shape index (κ2) is 6.29. The Kier molecular flexibility index (Phi) is 4.39. The van der Waals surface area contributed by atoms with Crippen molar-refractivity contribution < 1.29 is 4.79 Å². The van der Waals surface area contributed by atoms with E-state index >= 15 is 0 Å². The van der Waals surface area contributed by atoms with E-state index in [1.165, 1.54) is 0 Å². The van der Waals surface area contributed by atoms with E-state index in [1.807, 2.05) is 17.0 Å². The maximum Gasteiger partial charge on any atom is 0.230 e. The Morgan fingerprint density at radius 3 is 2.68 bits per heavy atom. The van der Waals surface area contributed by atoms with Gasteiger partial charge < -0.3 is 15.5 Å². The van der Waals surface area contributed by atoms with E-state index in [-0.39, 0.29) is 11.8 Å². The van der Waals surface area contributed by atoms with Crippen LogP contribution in [0.25, 0.3) is 0 Å². The maximum atomic E-state index is 13.2. The summed E-state index contributed by atoms with van der Waals surface area (Å²) in [4.78, 5) is 17.5. The van der Waals surface area contributed by atoms with Gasteiger partial charge in [-0.25, -0.2) is 0 Å². The first kappa shape index (κ1) is 15.3. The van der Waals surface area contributed by atoms with E-state index in [1.54, 1.807) is 0 Å². The van der Waals surface area contributed by atoms with Crippen LogP contribution in [0.3, 0.4) is 0 Å². The standard InChI is InChI=1S/C18H27N3O/c1-13-11-20(2)16-8-3-4-9-17(16)21(12-13)18(22)15-7-5-6-14(15)10-19/h3-4,8-9,13-15H,5-7,10-12,19H2,1-2H3/t13?,14-,15-/m1/s1. The van der Waals surface area contributed by atoms with Gasteiger partial charge in [-0.15, -0.1) is 0 Å². The molecule has 4 nitrogen and oxygen atoms in total. The average Bonchev–Trinajstić information content (AvgIpc) is 2.95. The molecule has 1 heterocycles. The van der Waals surface area contributed by atoms with Crippen LogP contribution in [0.15, 0.2) is 24.3 Å². The molecule has 3 atom stereocenters. The van der Waals surface area contributed by atoms with Crippen LogP contribution in [0.5, 0.6) is 0 Å². The predicted molar refractivity (Wildman–Crippen MR) is 91.1 cm³/mol. The molecule has 0 radical (unpaired) electrons. The van der Waals surface area contributed by atoms with Gasteiger partial charge in [0.05, 0.1) is 11.4 Å². The van der Waals surface area contributed by atoms with Crippen molar-refractivity contribution >= 4 is 17.3 Å². The van der Waals surface area contributed by atoms with Gasteiger partial charge in [-0.3, -0.25) is 4.79 Å². The first-order valence-corrected chi connectivity index (χ1v) is 8.43. The molecule has 0 saturated heterocycles. The average molecular weight is 301 g/mol. The fourth-order valence-corrected chi connectivity index (χ4v) is 4.10. The maximum absolute atomic E-state index is 13.2. The largest absolute Gasteiger partial charge is 0.373 e. The number of amides is 1. The van der Waals surface area contributed by atoms with Crippen LogP contribution in [-0.4, -0.2) is 32.6 Å². The number of nitrogens with zero attached hydrogens (tertiary/aromatic N) is 2. The fourth-order valence-electron chi connectivity index (χ4n) is 4.10. The van der Waals surface area contributed by atoms with Crippen LogP contribution in [0.2, 0.25) is 0 Å². The number of fused-ring (bicyclic) bond motifs is 1. The quantitative estimate of drug-likeness (QED) is 0.913. The molecule has 0 bridgehead atoms. The summed E-state index contributed by atoms with van der Waals surface area (Å²) in [5.41, 5.74) is 8.10. The number of anilines is 2. The van der Waals surface area contributed by atoms with Gasteiger partial charge >= 0.3 is 0 Å². The second-order valence-corrected chi connectivity index (χ2v) is 6.96. The minimum atomic E-state index is 0.105. The SMILES string of the molecule is CC1CN(C)c2ccccc2N(C(=O)[C@@H]2CCC[C@@H]2CN)C1. The third-order valence-electron chi connectivity index (χ3n) is 5.21. The van der Waals surface area contributed by atoms with Crippen molar-refractivity contribution in [3.05, 3.63) is 24.3 Å². The molecule has 1 aromatic rings. The van der Waals surface area contributed by atoms with E-state index < -0.39 is 0 Å². The summed E-state index contributed by atoms with van der Waals surface area (Å²) in [6.45, 7) is 4.62. The number of benzene rings is 1. The molecular weight excluding hydrogens is 274 g/mol. The molecule has 4 heteroatoms. The lowest BCUT2D eigenvalue weighted by molar-refractivity contribution is -0.123. The number of hydrogen-bond donors (Lipinski definition) is 1. The zero-order valence-corrected chi connectivity index (χ0v) is 13.7. The van der Waals surface area contributed by atoms with E-state index in [2.05, 4.69) is 31.0 Å². The van der Waals surface area contributed by atoms with Crippen molar-refractivity contribution in [2.45, 2.75) is 26.2 Å². The van der Waals surface area contributed by atoms with Gasteiger partial charge in [0.2, 0.25) is 5.91 Å². The minimum absolute atomic E-state index is 0.105. The van der Waals surface area contributed by atoms with Crippen molar-refractivity contribution in [2.24, 2.45) is 23.5 Å². The molecule has 1 saturated carbocycles. The van der Waals surface area contributed by atoms with E-state index in [0.29, 0.717) is 18.4 Å².